The van der Waals surface area contributed by atoms with E-state index in [-0.39, 0.29) is 29.3 Å². The van der Waals surface area contributed by atoms with Gasteiger partial charge in [-0.3, -0.25) is 0 Å². The monoisotopic (exact) mass is 431 g/mol. The van der Waals surface area contributed by atoms with Gasteiger partial charge in [-0.1, -0.05) is 20.8 Å². The summed E-state index contributed by atoms with van der Waals surface area (Å²) in [6.45, 7) is 24.5. The molecule has 0 aromatic carbocycles. The molecule has 0 spiro atoms. The van der Waals surface area contributed by atoms with Crippen LogP contribution in [0.2, 0.25) is 0 Å². The third-order valence-corrected chi connectivity index (χ3v) is 5.93. The number of ether oxygens (including phenoxy) is 4. The predicted octanol–water partition coefficient (Wildman–Crippen LogP) is 6.08. The van der Waals surface area contributed by atoms with Crippen molar-refractivity contribution in [1.82, 2.24) is 0 Å². The van der Waals surface area contributed by atoms with Gasteiger partial charge in [-0.25, -0.2) is 0 Å². The highest BCUT2D eigenvalue weighted by Crippen LogP contribution is 2.31. The molecule has 30 heavy (non-hydrogen) atoms. The summed E-state index contributed by atoms with van der Waals surface area (Å²) in [5.74, 6) is 0. The molecular weight excluding hydrogens is 378 g/mol. The van der Waals surface area contributed by atoms with Crippen LogP contribution < -0.4 is 5.73 Å². The SMILES string of the molecule is CCC(C)OC(C)CC(C)OCC(CC)(CC)COC(C)(C)CC(C)OC(C)(C)N. The van der Waals surface area contributed by atoms with Crippen LogP contribution in [0.4, 0.5) is 0 Å². The standard InChI is InChI=1S/C25H53NO4/c1-12-19(4)29-21(6)15-20(5)27-17-25(13-2,14-3)18-28-23(8,9)16-22(7)30-24(10,11)26/h19-22H,12-18,26H2,1-11H3. The Bertz CT molecular complexity index is 443. The van der Waals surface area contributed by atoms with Gasteiger partial charge in [-0.2, -0.15) is 0 Å². The number of nitrogens with two attached hydrogens (primary N) is 1. The summed E-state index contributed by atoms with van der Waals surface area (Å²) >= 11 is 0. The molecule has 4 unspecified atom stereocenters. The van der Waals surface area contributed by atoms with Crippen molar-refractivity contribution in [2.75, 3.05) is 13.2 Å². The summed E-state index contributed by atoms with van der Waals surface area (Å²) in [6.07, 6.45) is 5.47. The van der Waals surface area contributed by atoms with Gasteiger partial charge in [-0.05, 0) is 81.1 Å². The van der Waals surface area contributed by atoms with Crippen LogP contribution in [0, 0.1) is 5.41 Å². The summed E-state index contributed by atoms with van der Waals surface area (Å²) in [6, 6.07) is 0. The average molecular weight is 432 g/mol. The second-order valence-corrected chi connectivity index (χ2v) is 10.5. The summed E-state index contributed by atoms with van der Waals surface area (Å²) in [7, 11) is 0. The minimum Gasteiger partial charge on any atom is -0.378 e. The van der Waals surface area contributed by atoms with Gasteiger partial charge in [0.2, 0.25) is 0 Å². The Kier molecular flexibility index (Phi) is 13.3. The van der Waals surface area contributed by atoms with E-state index in [1.165, 1.54) is 0 Å². The molecule has 0 radical (unpaired) electrons. The Morgan fingerprint density at radius 1 is 0.767 bits per heavy atom. The molecule has 0 heterocycles. The highest BCUT2D eigenvalue weighted by atomic mass is 16.5. The second-order valence-electron chi connectivity index (χ2n) is 10.5. The molecule has 0 aliphatic rings. The number of hydrogen-bond acceptors (Lipinski definition) is 5. The van der Waals surface area contributed by atoms with Crippen LogP contribution in [0.15, 0.2) is 0 Å². The lowest BCUT2D eigenvalue weighted by Gasteiger charge is -2.38. The molecule has 5 heteroatoms. The van der Waals surface area contributed by atoms with Gasteiger partial charge in [0.15, 0.2) is 0 Å². The van der Waals surface area contributed by atoms with Crippen LogP contribution in [-0.4, -0.2) is 49.0 Å². The van der Waals surface area contributed by atoms with Crippen molar-refractivity contribution in [2.45, 2.75) is 144 Å². The third-order valence-electron chi connectivity index (χ3n) is 5.93. The van der Waals surface area contributed by atoms with Gasteiger partial charge in [0.1, 0.15) is 5.72 Å². The first kappa shape index (κ1) is 29.8. The maximum Gasteiger partial charge on any atom is 0.111 e. The van der Waals surface area contributed by atoms with Crippen LogP contribution >= 0.6 is 0 Å². The smallest absolute Gasteiger partial charge is 0.111 e. The van der Waals surface area contributed by atoms with Crippen LogP contribution in [0.5, 0.6) is 0 Å². The fourth-order valence-electron chi connectivity index (χ4n) is 3.76. The van der Waals surface area contributed by atoms with E-state index in [4.69, 9.17) is 24.7 Å². The summed E-state index contributed by atoms with van der Waals surface area (Å²) in [4.78, 5) is 0. The molecule has 0 aromatic heterocycles. The van der Waals surface area contributed by atoms with E-state index < -0.39 is 5.72 Å². The van der Waals surface area contributed by atoms with Gasteiger partial charge in [0, 0.05) is 11.8 Å². The Hall–Kier alpha value is -0.200. The summed E-state index contributed by atoms with van der Waals surface area (Å²) < 4.78 is 24.6. The molecule has 0 fully saturated rings. The summed E-state index contributed by atoms with van der Waals surface area (Å²) in [5.41, 5.74) is 5.09. The Morgan fingerprint density at radius 3 is 1.80 bits per heavy atom. The Labute approximate surface area is 187 Å². The molecule has 182 valence electrons. The molecule has 0 amide bonds. The van der Waals surface area contributed by atoms with E-state index >= 15 is 0 Å². The molecule has 5 nitrogen and oxygen atoms in total. The first-order valence-electron chi connectivity index (χ1n) is 12.0. The predicted molar refractivity (Wildman–Crippen MR) is 127 cm³/mol. The van der Waals surface area contributed by atoms with Crippen molar-refractivity contribution in [3.63, 3.8) is 0 Å². The maximum absolute atomic E-state index is 6.42. The van der Waals surface area contributed by atoms with Crippen molar-refractivity contribution in [3.05, 3.63) is 0 Å². The van der Waals surface area contributed by atoms with Crippen LogP contribution in [0.3, 0.4) is 0 Å². The van der Waals surface area contributed by atoms with Crippen molar-refractivity contribution in [3.8, 4) is 0 Å². The lowest BCUT2D eigenvalue weighted by molar-refractivity contribution is -0.133. The number of rotatable bonds is 17. The van der Waals surface area contributed by atoms with Gasteiger partial charge in [-0.15, -0.1) is 0 Å². The number of hydrogen-bond donors (Lipinski definition) is 1. The summed E-state index contributed by atoms with van der Waals surface area (Å²) in [5, 5.41) is 0. The zero-order valence-corrected chi connectivity index (χ0v) is 22.0. The fourth-order valence-corrected chi connectivity index (χ4v) is 3.76. The zero-order chi connectivity index (χ0) is 23.6. The average Bonchev–Trinajstić information content (AvgIpc) is 2.60. The molecule has 4 atom stereocenters. The zero-order valence-electron chi connectivity index (χ0n) is 22.0. The molecule has 0 aliphatic heterocycles. The van der Waals surface area contributed by atoms with Gasteiger partial charge >= 0.3 is 0 Å². The third kappa shape index (κ3) is 13.3. The molecule has 0 bridgehead atoms. The Balaban J connectivity index is 4.70. The molecule has 0 saturated heterocycles. The largest absolute Gasteiger partial charge is 0.378 e. The van der Waals surface area contributed by atoms with Gasteiger partial charge in [0.05, 0.1) is 43.2 Å². The highest BCUT2D eigenvalue weighted by Gasteiger charge is 2.33. The van der Waals surface area contributed by atoms with Crippen LogP contribution in [0.1, 0.15) is 108 Å². The first-order chi connectivity index (χ1) is 13.7. The minimum absolute atomic E-state index is 0.0174. The molecule has 0 saturated carbocycles. The topological polar surface area (TPSA) is 62.9 Å². The first-order valence-corrected chi connectivity index (χ1v) is 12.0. The van der Waals surface area contributed by atoms with Crippen LogP contribution in [0.25, 0.3) is 0 Å². The van der Waals surface area contributed by atoms with Gasteiger partial charge < -0.3 is 24.7 Å². The molecule has 0 aliphatic carbocycles. The molecular formula is C25H53NO4. The van der Waals surface area contributed by atoms with E-state index in [2.05, 4.69) is 62.3 Å². The lowest BCUT2D eigenvalue weighted by atomic mass is 9.83. The normalized spacial score (nSPS) is 17.6. The quantitative estimate of drug-likeness (QED) is 0.283. The molecule has 0 rings (SSSR count). The fraction of sp³-hybridized carbons (Fsp3) is 1.00. The molecule has 2 N–H and O–H groups in total. The minimum atomic E-state index is -0.633. The Morgan fingerprint density at radius 2 is 1.33 bits per heavy atom. The van der Waals surface area contributed by atoms with Crippen LogP contribution in [-0.2, 0) is 18.9 Å². The van der Waals surface area contributed by atoms with Crippen molar-refractivity contribution < 1.29 is 18.9 Å². The van der Waals surface area contributed by atoms with E-state index in [0.717, 1.165) is 32.1 Å². The van der Waals surface area contributed by atoms with Gasteiger partial charge in [0.25, 0.3) is 0 Å². The van der Waals surface area contributed by atoms with E-state index in [1.807, 2.05) is 13.8 Å². The van der Waals surface area contributed by atoms with Crippen molar-refractivity contribution in [2.24, 2.45) is 11.1 Å². The van der Waals surface area contributed by atoms with E-state index in [0.29, 0.717) is 19.3 Å². The lowest BCUT2D eigenvalue weighted by Crippen LogP contribution is -2.42. The van der Waals surface area contributed by atoms with E-state index in [9.17, 15) is 0 Å². The maximum atomic E-state index is 6.42. The second kappa shape index (κ2) is 13.4. The highest BCUT2D eigenvalue weighted by molar-refractivity contribution is 4.81. The molecule has 0 aromatic rings. The van der Waals surface area contributed by atoms with Crippen molar-refractivity contribution >= 4 is 0 Å². The van der Waals surface area contributed by atoms with E-state index in [1.54, 1.807) is 0 Å². The van der Waals surface area contributed by atoms with Crippen molar-refractivity contribution in [1.29, 1.82) is 0 Å².